The molecule has 0 spiro atoms. The van der Waals surface area contributed by atoms with Crippen LogP contribution in [0.2, 0.25) is 5.02 Å². The van der Waals surface area contributed by atoms with Gasteiger partial charge in [-0.2, -0.15) is 0 Å². The fourth-order valence-corrected chi connectivity index (χ4v) is 1.16. The fraction of sp³-hybridized carbons (Fsp3) is 0. The Balaban J connectivity index is 3.23. The highest BCUT2D eigenvalue weighted by Gasteiger charge is 2.00. The monoisotopic (exact) mass is 216 g/mol. The van der Waals surface area contributed by atoms with Gasteiger partial charge in [0.25, 0.3) is 5.82 Å². The van der Waals surface area contributed by atoms with E-state index in [0.717, 1.165) is 4.47 Å². The van der Waals surface area contributed by atoms with Crippen LogP contribution in [0.25, 0.3) is 4.85 Å². The van der Waals surface area contributed by atoms with E-state index in [1.54, 1.807) is 12.3 Å². The van der Waals surface area contributed by atoms with Crippen LogP contribution in [-0.4, -0.2) is 4.98 Å². The summed E-state index contributed by atoms with van der Waals surface area (Å²) >= 11 is 8.80. The molecular formula is C6H2BrClN2. The van der Waals surface area contributed by atoms with Crippen LogP contribution in [0.5, 0.6) is 0 Å². The molecule has 0 atom stereocenters. The Kier molecular flexibility index (Phi) is 2.25. The molecule has 0 saturated heterocycles. The van der Waals surface area contributed by atoms with Crippen molar-refractivity contribution in [1.82, 2.24) is 4.98 Å². The Morgan fingerprint density at radius 3 is 2.90 bits per heavy atom. The lowest BCUT2D eigenvalue weighted by molar-refractivity contribution is 1.33. The van der Waals surface area contributed by atoms with Crippen molar-refractivity contribution in [3.8, 4) is 0 Å². The highest BCUT2D eigenvalue weighted by Crippen LogP contribution is 2.24. The first-order valence-electron chi connectivity index (χ1n) is 2.42. The largest absolute Gasteiger partial charge is 0.359 e. The molecule has 0 aliphatic rings. The normalized spacial score (nSPS) is 8.90. The van der Waals surface area contributed by atoms with E-state index in [1.165, 1.54) is 0 Å². The third kappa shape index (κ3) is 1.47. The molecule has 0 amide bonds. The first-order chi connectivity index (χ1) is 4.74. The highest BCUT2D eigenvalue weighted by molar-refractivity contribution is 9.10. The Bertz CT molecular complexity index is 292. The van der Waals surface area contributed by atoms with Gasteiger partial charge in [-0.15, -0.1) is 4.98 Å². The third-order valence-electron chi connectivity index (χ3n) is 0.894. The van der Waals surface area contributed by atoms with Crippen molar-refractivity contribution < 1.29 is 0 Å². The molecule has 4 heteroatoms. The minimum absolute atomic E-state index is 0.241. The van der Waals surface area contributed by atoms with E-state index >= 15 is 0 Å². The van der Waals surface area contributed by atoms with E-state index in [9.17, 15) is 0 Å². The average Bonchev–Trinajstić information content (AvgIpc) is 1.88. The molecule has 1 heterocycles. The zero-order chi connectivity index (χ0) is 7.56. The van der Waals surface area contributed by atoms with E-state index in [0.29, 0.717) is 5.02 Å². The van der Waals surface area contributed by atoms with Gasteiger partial charge in [-0.25, -0.2) is 0 Å². The molecule has 0 saturated carbocycles. The van der Waals surface area contributed by atoms with Gasteiger partial charge in [0, 0.05) is 0 Å². The van der Waals surface area contributed by atoms with E-state index < -0.39 is 0 Å². The SMILES string of the molecule is [C-]#[N+]c1ncc(Br)cc1Cl. The maximum atomic E-state index is 6.62. The van der Waals surface area contributed by atoms with Crippen LogP contribution in [0.1, 0.15) is 0 Å². The molecule has 0 aromatic carbocycles. The standard InChI is InChI=1S/C6H2BrClN2/c1-9-6-5(8)2-4(7)3-10-6/h2-3H. The Hall–Kier alpha value is -0.590. The Labute approximate surface area is 71.8 Å². The van der Waals surface area contributed by atoms with Gasteiger partial charge < -0.3 is 4.85 Å². The second-order valence-corrected chi connectivity index (χ2v) is 2.89. The summed E-state index contributed by atoms with van der Waals surface area (Å²) in [5.74, 6) is 0.241. The van der Waals surface area contributed by atoms with Crippen LogP contribution in [-0.2, 0) is 0 Å². The smallest absolute Gasteiger partial charge is 0.288 e. The first-order valence-corrected chi connectivity index (χ1v) is 3.59. The Morgan fingerprint density at radius 1 is 1.70 bits per heavy atom. The molecule has 1 aromatic heterocycles. The summed E-state index contributed by atoms with van der Waals surface area (Å²) in [7, 11) is 0. The first kappa shape index (κ1) is 7.52. The van der Waals surface area contributed by atoms with Gasteiger partial charge in [0.15, 0.2) is 0 Å². The number of rotatable bonds is 0. The number of aromatic nitrogens is 1. The summed E-state index contributed by atoms with van der Waals surface area (Å²) < 4.78 is 0.782. The number of pyridine rings is 1. The van der Waals surface area contributed by atoms with Gasteiger partial charge in [-0.1, -0.05) is 18.2 Å². The van der Waals surface area contributed by atoms with Gasteiger partial charge in [-0.05, 0) is 22.0 Å². The van der Waals surface area contributed by atoms with Crippen molar-refractivity contribution in [3.63, 3.8) is 0 Å². The molecule has 0 bridgehead atoms. The van der Waals surface area contributed by atoms with Crippen molar-refractivity contribution in [2.45, 2.75) is 0 Å². The lowest BCUT2D eigenvalue weighted by Gasteiger charge is -1.90. The molecule has 0 aliphatic carbocycles. The van der Waals surface area contributed by atoms with Crippen molar-refractivity contribution in [3.05, 3.63) is 33.2 Å². The van der Waals surface area contributed by atoms with Crippen LogP contribution >= 0.6 is 27.5 Å². The maximum absolute atomic E-state index is 6.62. The van der Waals surface area contributed by atoms with Crippen LogP contribution in [0.15, 0.2) is 16.7 Å². The predicted molar refractivity (Wildman–Crippen MR) is 43.2 cm³/mol. The second kappa shape index (κ2) is 3.00. The van der Waals surface area contributed by atoms with Crippen molar-refractivity contribution in [2.24, 2.45) is 0 Å². The van der Waals surface area contributed by atoms with Gasteiger partial charge in [-0.3, -0.25) is 0 Å². The maximum Gasteiger partial charge on any atom is 0.288 e. The fourth-order valence-electron chi connectivity index (χ4n) is 0.490. The third-order valence-corrected chi connectivity index (χ3v) is 1.61. The Morgan fingerprint density at radius 2 is 2.40 bits per heavy atom. The van der Waals surface area contributed by atoms with E-state index in [2.05, 4.69) is 25.8 Å². The highest BCUT2D eigenvalue weighted by atomic mass is 79.9. The summed E-state index contributed by atoms with van der Waals surface area (Å²) in [6.07, 6.45) is 1.54. The molecule has 0 N–H and O–H groups in total. The van der Waals surface area contributed by atoms with Crippen LogP contribution in [0, 0.1) is 6.57 Å². The molecule has 0 fully saturated rings. The predicted octanol–water partition coefficient (Wildman–Crippen LogP) is 3.05. The zero-order valence-electron chi connectivity index (χ0n) is 4.81. The van der Waals surface area contributed by atoms with Crippen LogP contribution in [0.4, 0.5) is 5.82 Å². The number of hydrogen-bond acceptors (Lipinski definition) is 1. The summed E-state index contributed by atoms with van der Waals surface area (Å²) in [5, 5.41) is 0.379. The summed E-state index contributed by atoms with van der Waals surface area (Å²) in [6.45, 7) is 6.62. The van der Waals surface area contributed by atoms with Crippen molar-refractivity contribution in [1.29, 1.82) is 0 Å². The summed E-state index contributed by atoms with van der Waals surface area (Å²) in [4.78, 5) is 6.86. The number of halogens is 2. The van der Waals surface area contributed by atoms with E-state index in [4.69, 9.17) is 18.2 Å². The molecule has 1 aromatic rings. The molecule has 50 valence electrons. The van der Waals surface area contributed by atoms with Crippen LogP contribution in [0.3, 0.4) is 0 Å². The van der Waals surface area contributed by atoms with Gasteiger partial charge in [0.05, 0.1) is 9.50 Å². The second-order valence-electron chi connectivity index (χ2n) is 1.57. The zero-order valence-corrected chi connectivity index (χ0v) is 7.15. The lowest BCUT2D eigenvalue weighted by atomic mass is 10.5. The minimum atomic E-state index is 0.241. The number of nitrogens with zero attached hydrogens (tertiary/aromatic N) is 2. The molecule has 1 rings (SSSR count). The van der Waals surface area contributed by atoms with Gasteiger partial charge in [0.1, 0.15) is 6.20 Å². The number of hydrogen-bond donors (Lipinski definition) is 0. The van der Waals surface area contributed by atoms with E-state index in [-0.39, 0.29) is 5.82 Å². The average molecular weight is 217 g/mol. The van der Waals surface area contributed by atoms with Crippen LogP contribution < -0.4 is 0 Å². The molecule has 10 heavy (non-hydrogen) atoms. The molecular weight excluding hydrogens is 215 g/mol. The van der Waals surface area contributed by atoms with Crippen molar-refractivity contribution in [2.75, 3.05) is 0 Å². The summed E-state index contributed by atoms with van der Waals surface area (Å²) in [6, 6.07) is 1.64. The minimum Gasteiger partial charge on any atom is -0.359 e. The lowest BCUT2D eigenvalue weighted by Crippen LogP contribution is -1.72. The van der Waals surface area contributed by atoms with Gasteiger partial charge >= 0.3 is 0 Å². The molecule has 0 aliphatic heterocycles. The molecule has 0 radical (unpaired) electrons. The van der Waals surface area contributed by atoms with Gasteiger partial charge in [0.2, 0.25) is 0 Å². The van der Waals surface area contributed by atoms with Crippen molar-refractivity contribution >= 4 is 33.3 Å². The summed E-state index contributed by atoms with van der Waals surface area (Å²) in [5.41, 5.74) is 0. The quantitative estimate of drug-likeness (QED) is 0.611. The molecule has 2 nitrogen and oxygen atoms in total. The molecule has 0 unspecified atom stereocenters. The topological polar surface area (TPSA) is 17.2 Å². The van der Waals surface area contributed by atoms with E-state index in [1.807, 2.05) is 0 Å².